The largest absolute Gasteiger partial charge is 0.324 e. The Balaban J connectivity index is 1.63. The number of carbonyl (C=O) groups is 1. The minimum absolute atomic E-state index is 0.00277. The summed E-state index contributed by atoms with van der Waals surface area (Å²) in [6.07, 6.45) is 4.29. The fourth-order valence-corrected chi connectivity index (χ4v) is 2.07. The number of hydrogen-bond donors (Lipinski definition) is 1. The summed E-state index contributed by atoms with van der Waals surface area (Å²) in [5.41, 5.74) is 2.73. The van der Waals surface area contributed by atoms with Gasteiger partial charge in [-0.15, -0.1) is 10.2 Å². The normalized spacial score (nSPS) is 10.5. The molecular formula is C16H16N6O. The summed E-state index contributed by atoms with van der Waals surface area (Å²) in [6, 6.07) is 11.4. The van der Waals surface area contributed by atoms with Crippen LogP contribution in [0.1, 0.15) is 12.5 Å². The summed E-state index contributed by atoms with van der Waals surface area (Å²) in [5.74, 6) is 0.239. The third-order valence-electron chi connectivity index (χ3n) is 3.30. The zero-order valence-corrected chi connectivity index (χ0v) is 12.7. The number of aromatic nitrogens is 5. The van der Waals surface area contributed by atoms with E-state index in [4.69, 9.17) is 0 Å². The molecule has 7 nitrogen and oxygen atoms in total. The van der Waals surface area contributed by atoms with Crippen LogP contribution in [-0.2, 0) is 17.8 Å². The lowest BCUT2D eigenvalue weighted by Crippen LogP contribution is -2.20. The zero-order chi connectivity index (χ0) is 16.1. The molecule has 0 unspecified atom stereocenters. The summed E-state index contributed by atoms with van der Waals surface area (Å²) in [4.78, 5) is 17.3. The van der Waals surface area contributed by atoms with Crippen molar-refractivity contribution < 1.29 is 4.79 Å². The molecule has 7 heteroatoms. The quantitative estimate of drug-likeness (QED) is 0.778. The van der Waals surface area contributed by atoms with Crippen molar-refractivity contribution in [3.8, 4) is 11.4 Å². The number of benzene rings is 1. The van der Waals surface area contributed by atoms with Gasteiger partial charge in [-0.3, -0.25) is 9.78 Å². The van der Waals surface area contributed by atoms with Crippen LogP contribution in [0.15, 0.2) is 48.8 Å². The third-order valence-corrected chi connectivity index (χ3v) is 3.30. The molecule has 116 valence electrons. The monoisotopic (exact) mass is 308 g/mol. The number of carbonyl (C=O) groups excluding carboxylic acids is 1. The van der Waals surface area contributed by atoms with Gasteiger partial charge in [0, 0.05) is 23.6 Å². The molecule has 0 fully saturated rings. The number of anilines is 1. The molecule has 0 aliphatic heterocycles. The molecule has 3 aromatic rings. The SMILES string of the molecule is CCc1ccc(NC(=O)Cn2nnc(-c3cccnc3)n2)cc1. The molecule has 0 aliphatic rings. The topological polar surface area (TPSA) is 85.6 Å². The lowest BCUT2D eigenvalue weighted by Gasteiger charge is -2.05. The number of rotatable bonds is 5. The van der Waals surface area contributed by atoms with E-state index < -0.39 is 0 Å². The number of amides is 1. The number of pyridine rings is 1. The van der Waals surface area contributed by atoms with Gasteiger partial charge in [0.2, 0.25) is 11.7 Å². The van der Waals surface area contributed by atoms with E-state index in [9.17, 15) is 4.79 Å². The van der Waals surface area contributed by atoms with E-state index in [0.29, 0.717) is 5.82 Å². The minimum atomic E-state index is -0.204. The molecule has 0 atom stereocenters. The molecular weight excluding hydrogens is 292 g/mol. The molecule has 1 aromatic carbocycles. The number of nitrogens with zero attached hydrogens (tertiary/aromatic N) is 5. The summed E-state index contributed by atoms with van der Waals surface area (Å²) >= 11 is 0. The average Bonchev–Trinajstić information content (AvgIpc) is 3.04. The van der Waals surface area contributed by atoms with Crippen LogP contribution in [0.2, 0.25) is 0 Å². The number of hydrogen-bond acceptors (Lipinski definition) is 5. The highest BCUT2D eigenvalue weighted by Crippen LogP contribution is 2.11. The van der Waals surface area contributed by atoms with Crippen LogP contribution in [0, 0.1) is 0 Å². The van der Waals surface area contributed by atoms with Crippen molar-refractivity contribution in [3.63, 3.8) is 0 Å². The van der Waals surface area contributed by atoms with E-state index in [0.717, 1.165) is 17.7 Å². The highest BCUT2D eigenvalue weighted by atomic mass is 16.2. The maximum absolute atomic E-state index is 12.0. The molecule has 0 spiro atoms. The van der Waals surface area contributed by atoms with Crippen LogP contribution in [0.25, 0.3) is 11.4 Å². The number of tetrazole rings is 1. The number of nitrogens with one attached hydrogen (secondary N) is 1. The zero-order valence-electron chi connectivity index (χ0n) is 12.7. The standard InChI is InChI=1S/C16H16N6O/c1-2-12-5-7-14(8-6-12)18-15(23)11-22-20-16(19-21-22)13-4-3-9-17-10-13/h3-10H,2,11H2,1H3,(H,18,23). The van der Waals surface area contributed by atoms with Crippen molar-refractivity contribution in [1.29, 1.82) is 0 Å². The lowest BCUT2D eigenvalue weighted by atomic mass is 10.1. The maximum atomic E-state index is 12.0. The average molecular weight is 308 g/mol. The Morgan fingerprint density at radius 1 is 1.22 bits per heavy atom. The second-order valence-corrected chi connectivity index (χ2v) is 4.98. The molecule has 23 heavy (non-hydrogen) atoms. The second kappa shape index (κ2) is 6.78. The molecule has 2 aromatic heterocycles. The Bertz CT molecular complexity index is 782. The van der Waals surface area contributed by atoms with Crippen LogP contribution in [0.3, 0.4) is 0 Å². The van der Waals surface area contributed by atoms with Gasteiger partial charge in [-0.2, -0.15) is 4.80 Å². The van der Waals surface area contributed by atoms with Gasteiger partial charge in [0.15, 0.2) is 0 Å². The first-order chi connectivity index (χ1) is 11.2. The van der Waals surface area contributed by atoms with E-state index in [1.807, 2.05) is 30.3 Å². The van der Waals surface area contributed by atoms with E-state index in [-0.39, 0.29) is 12.5 Å². The molecule has 0 bridgehead atoms. The van der Waals surface area contributed by atoms with Crippen LogP contribution < -0.4 is 5.32 Å². The molecule has 1 amide bonds. The number of aryl methyl sites for hydroxylation is 1. The predicted octanol–water partition coefficient (Wildman–Crippen LogP) is 1.94. The van der Waals surface area contributed by atoms with Crippen molar-refractivity contribution in [2.45, 2.75) is 19.9 Å². The van der Waals surface area contributed by atoms with E-state index in [1.54, 1.807) is 18.5 Å². The van der Waals surface area contributed by atoms with Gasteiger partial charge in [-0.25, -0.2) is 0 Å². The van der Waals surface area contributed by atoms with Gasteiger partial charge in [-0.1, -0.05) is 19.1 Å². The van der Waals surface area contributed by atoms with Crippen LogP contribution in [-0.4, -0.2) is 31.1 Å². The molecule has 3 rings (SSSR count). The predicted molar refractivity (Wildman–Crippen MR) is 85.5 cm³/mol. The first kappa shape index (κ1) is 14.8. The van der Waals surface area contributed by atoms with Crippen LogP contribution in [0.4, 0.5) is 5.69 Å². The van der Waals surface area contributed by atoms with Crippen molar-refractivity contribution in [1.82, 2.24) is 25.2 Å². The van der Waals surface area contributed by atoms with Gasteiger partial charge in [0.1, 0.15) is 6.54 Å². The third kappa shape index (κ3) is 3.76. The summed E-state index contributed by atoms with van der Waals surface area (Å²) in [7, 11) is 0. The van der Waals surface area contributed by atoms with Gasteiger partial charge >= 0.3 is 0 Å². The highest BCUT2D eigenvalue weighted by molar-refractivity contribution is 5.90. The molecule has 0 saturated carbocycles. The Kier molecular flexibility index (Phi) is 4.37. The first-order valence-electron chi connectivity index (χ1n) is 7.31. The summed E-state index contributed by atoms with van der Waals surface area (Å²) < 4.78 is 0. The Hall–Kier alpha value is -3.09. The molecule has 0 aliphatic carbocycles. The molecule has 1 N–H and O–H groups in total. The smallest absolute Gasteiger partial charge is 0.248 e. The fraction of sp³-hybridized carbons (Fsp3) is 0.188. The van der Waals surface area contributed by atoms with Crippen LogP contribution >= 0.6 is 0 Å². The van der Waals surface area contributed by atoms with Gasteiger partial charge < -0.3 is 5.32 Å². The minimum Gasteiger partial charge on any atom is -0.324 e. The Labute approximate surface area is 133 Å². The summed E-state index contributed by atoms with van der Waals surface area (Å²) in [5, 5.41) is 14.8. The van der Waals surface area contributed by atoms with E-state index >= 15 is 0 Å². The van der Waals surface area contributed by atoms with Crippen molar-refractivity contribution in [2.24, 2.45) is 0 Å². The lowest BCUT2D eigenvalue weighted by molar-refractivity contribution is -0.117. The Morgan fingerprint density at radius 3 is 2.74 bits per heavy atom. The second-order valence-electron chi connectivity index (χ2n) is 4.98. The van der Waals surface area contributed by atoms with Crippen molar-refractivity contribution in [3.05, 3.63) is 54.4 Å². The van der Waals surface area contributed by atoms with Gasteiger partial charge in [0.05, 0.1) is 0 Å². The van der Waals surface area contributed by atoms with E-state index in [1.165, 1.54) is 10.4 Å². The van der Waals surface area contributed by atoms with E-state index in [2.05, 4.69) is 32.6 Å². The summed E-state index contributed by atoms with van der Waals surface area (Å²) in [6.45, 7) is 2.09. The first-order valence-corrected chi connectivity index (χ1v) is 7.31. The van der Waals surface area contributed by atoms with Crippen molar-refractivity contribution in [2.75, 3.05) is 5.32 Å². The van der Waals surface area contributed by atoms with Gasteiger partial charge in [0.25, 0.3) is 0 Å². The molecule has 0 radical (unpaired) electrons. The Morgan fingerprint density at radius 2 is 2.04 bits per heavy atom. The fourth-order valence-electron chi connectivity index (χ4n) is 2.07. The molecule has 2 heterocycles. The van der Waals surface area contributed by atoms with Gasteiger partial charge in [-0.05, 0) is 41.5 Å². The molecule has 0 saturated heterocycles. The van der Waals surface area contributed by atoms with Crippen molar-refractivity contribution >= 4 is 11.6 Å². The highest BCUT2D eigenvalue weighted by Gasteiger charge is 2.09. The van der Waals surface area contributed by atoms with Crippen LogP contribution in [0.5, 0.6) is 0 Å². The maximum Gasteiger partial charge on any atom is 0.248 e.